The third-order valence-corrected chi connectivity index (χ3v) is 4.68. The van der Waals surface area contributed by atoms with Crippen molar-refractivity contribution in [3.8, 4) is 0 Å². The maximum atomic E-state index is 13.3. The normalized spacial score (nSPS) is 12.7. The van der Waals surface area contributed by atoms with E-state index in [1.807, 2.05) is 13.8 Å². The summed E-state index contributed by atoms with van der Waals surface area (Å²) in [4.78, 5) is 14.7. The third-order valence-electron chi connectivity index (χ3n) is 3.42. The van der Waals surface area contributed by atoms with E-state index in [2.05, 4.69) is 0 Å². The molecule has 0 saturated heterocycles. The van der Waals surface area contributed by atoms with Crippen LogP contribution in [0.25, 0.3) is 10.1 Å². The van der Waals surface area contributed by atoms with Crippen LogP contribution in [0.2, 0.25) is 0 Å². The second kappa shape index (κ2) is 5.27. The highest BCUT2D eigenvalue weighted by molar-refractivity contribution is 7.21. The van der Waals surface area contributed by atoms with Crippen LogP contribution in [0.1, 0.15) is 22.2 Å². The van der Waals surface area contributed by atoms with Gasteiger partial charge in [-0.25, -0.2) is 4.39 Å². The summed E-state index contributed by atoms with van der Waals surface area (Å²) in [6, 6.07) is 4.59. The van der Waals surface area contributed by atoms with E-state index in [1.54, 1.807) is 18.0 Å². The number of benzene rings is 1. The molecule has 102 valence electrons. The largest absolute Gasteiger partial charge is 0.337 e. The number of amides is 1. The van der Waals surface area contributed by atoms with Gasteiger partial charge in [-0.2, -0.15) is 0 Å². The molecule has 19 heavy (non-hydrogen) atoms. The van der Waals surface area contributed by atoms with Crippen LogP contribution < -0.4 is 5.73 Å². The highest BCUT2D eigenvalue weighted by Gasteiger charge is 2.21. The third kappa shape index (κ3) is 2.48. The van der Waals surface area contributed by atoms with Crippen molar-refractivity contribution in [1.29, 1.82) is 0 Å². The lowest BCUT2D eigenvalue weighted by Crippen LogP contribution is -2.39. The Kier molecular flexibility index (Phi) is 3.87. The average Bonchev–Trinajstić information content (AvgIpc) is 2.73. The van der Waals surface area contributed by atoms with Crippen molar-refractivity contribution in [3.05, 3.63) is 34.5 Å². The van der Waals surface area contributed by atoms with Crippen LogP contribution in [-0.2, 0) is 0 Å². The Morgan fingerprint density at radius 3 is 2.84 bits per heavy atom. The maximum absolute atomic E-state index is 13.3. The molecule has 0 saturated carbocycles. The summed E-state index contributed by atoms with van der Waals surface area (Å²) in [5.74, 6) is -0.340. The highest BCUT2D eigenvalue weighted by atomic mass is 32.1. The van der Waals surface area contributed by atoms with Crippen LogP contribution in [0, 0.1) is 12.7 Å². The maximum Gasteiger partial charge on any atom is 0.264 e. The number of hydrogen-bond acceptors (Lipinski definition) is 3. The van der Waals surface area contributed by atoms with Gasteiger partial charge >= 0.3 is 0 Å². The first kappa shape index (κ1) is 14.0. The fourth-order valence-electron chi connectivity index (χ4n) is 1.92. The zero-order chi connectivity index (χ0) is 14.2. The molecule has 1 heterocycles. The molecule has 0 radical (unpaired) electrons. The van der Waals surface area contributed by atoms with Crippen LogP contribution in [0.5, 0.6) is 0 Å². The first-order valence-electron chi connectivity index (χ1n) is 6.11. The number of carbonyl (C=O) groups excluding carboxylic acids is 1. The highest BCUT2D eigenvalue weighted by Crippen LogP contribution is 2.32. The molecule has 1 unspecified atom stereocenters. The van der Waals surface area contributed by atoms with Gasteiger partial charge in [-0.3, -0.25) is 4.79 Å². The van der Waals surface area contributed by atoms with Gasteiger partial charge in [0.2, 0.25) is 0 Å². The molecule has 0 aliphatic carbocycles. The molecule has 5 heteroatoms. The molecule has 0 bridgehead atoms. The molecule has 1 atom stereocenters. The molecule has 0 aliphatic heterocycles. The molecule has 0 aliphatic rings. The van der Waals surface area contributed by atoms with E-state index in [-0.39, 0.29) is 17.8 Å². The van der Waals surface area contributed by atoms with Gasteiger partial charge in [-0.15, -0.1) is 11.3 Å². The van der Waals surface area contributed by atoms with Gasteiger partial charge in [0.1, 0.15) is 5.82 Å². The Hall–Kier alpha value is -1.46. The zero-order valence-corrected chi connectivity index (χ0v) is 12.1. The number of rotatable bonds is 3. The Labute approximate surface area is 115 Å². The van der Waals surface area contributed by atoms with Crippen LogP contribution >= 0.6 is 11.3 Å². The molecule has 1 aromatic carbocycles. The Morgan fingerprint density at radius 2 is 2.21 bits per heavy atom. The van der Waals surface area contributed by atoms with E-state index >= 15 is 0 Å². The van der Waals surface area contributed by atoms with Crippen molar-refractivity contribution in [1.82, 2.24) is 4.90 Å². The smallest absolute Gasteiger partial charge is 0.264 e. The molecular formula is C14H17FN2OS. The van der Waals surface area contributed by atoms with E-state index in [1.165, 1.54) is 23.5 Å². The van der Waals surface area contributed by atoms with Gasteiger partial charge in [0.25, 0.3) is 5.91 Å². The summed E-state index contributed by atoms with van der Waals surface area (Å²) >= 11 is 1.40. The van der Waals surface area contributed by atoms with Gasteiger partial charge in [0.05, 0.1) is 4.88 Å². The molecule has 2 N–H and O–H groups in total. The fraction of sp³-hybridized carbons (Fsp3) is 0.357. The van der Waals surface area contributed by atoms with Crippen molar-refractivity contribution in [3.63, 3.8) is 0 Å². The summed E-state index contributed by atoms with van der Waals surface area (Å²) in [7, 11) is 1.74. The van der Waals surface area contributed by atoms with Gasteiger partial charge in [-0.05, 0) is 43.0 Å². The monoisotopic (exact) mass is 280 g/mol. The number of hydrogen-bond donors (Lipinski definition) is 1. The van der Waals surface area contributed by atoms with Gasteiger partial charge < -0.3 is 10.6 Å². The van der Waals surface area contributed by atoms with Crippen molar-refractivity contribution < 1.29 is 9.18 Å². The molecule has 2 rings (SSSR count). The van der Waals surface area contributed by atoms with E-state index < -0.39 is 0 Å². The Morgan fingerprint density at radius 1 is 1.53 bits per heavy atom. The van der Waals surface area contributed by atoms with E-state index in [9.17, 15) is 9.18 Å². The SMILES string of the molecule is Cc1c(C(=O)N(C)C(C)CN)sc2ccc(F)cc12. The quantitative estimate of drug-likeness (QED) is 0.939. The number of nitrogens with two attached hydrogens (primary N) is 1. The molecule has 1 aromatic heterocycles. The van der Waals surface area contributed by atoms with E-state index in [0.717, 1.165) is 15.6 Å². The summed E-state index contributed by atoms with van der Waals surface area (Å²) in [6.45, 7) is 4.17. The summed E-state index contributed by atoms with van der Waals surface area (Å²) in [5.41, 5.74) is 6.42. The molecule has 1 amide bonds. The van der Waals surface area contributed by atoms with Gasteiger partial charge in [0, 0.05) is 24.3 Å². The number of fused-ring (bicyclic) bond motifs is 1. The van der Waals surface area contributed by atoms with Crippen LogP contribution in [-0.4, -0.2) is 30.4 Å². The Balaban J connectivity index is 2.46. The number of likely N-dealkylation sites (N-methyl/N-ethyl adjacent to an activating group) is 1. The first-order valence-corrected chi connectivity index (χ1v) is 6.93. The lowest BCUT2D eigenvalue weighted by molar-refractivity contribution is 0.0752. The average molecular weight is 280 g/mol. The summed E-state index contributed by atoms with van der Waals surface area (Å²) in [6.07, 6.45) is 0. The molecule has 2 aromatic rings. The molecule has 3 nitrogen and oxygen atoms in total. The molecule has 0 spiro atoms. The lowest BCUT2D eigenvalue weighted by atomic mass is 10.1. The van der Waals surface area contributed by atoms with Crippen LogP contribution in [0.3, 0.4) is 0 Å². The van der Waals surface area contributed by atoms with Crippen LogP contribution in [0.4, 0.5) is 4.39 Å². The molecular weight excluding hydrogens is 263 g/mol. The number of thiophene rings is 1. The van der Waals surface area contributed by atoms with Crippen molar-refractivity contribution in [2.24, 2.45) is 5.73 Å². The van der Waals surface area contributed by atoms with E-state index in [4.69, 9.17) is 5.73 Å². The fourth-order valence-corrected chi connectivity index (χ4v) is 3.09. The van der Waals surface area contributed by atoms with Gasteiger partial charge in [0.15, 0.2) is 0 Å². The first-order chi connectivity index (χ1) is 8.95. The topological polar surface area (TPSA) is 46.3 Å². The van der Waals surface area contributed by atoms with Gasteiger partial charge in [-0.1, -0.05) is 0 Å². The number of halogens is 1. The van der Waals surface area contributed by atoms with Crippen molar-refractivity contribution >= 4 is 27.3 Å². The van der Waals surface area contributed by atoms with Crippen molar-refractivity contribution in [2.45, 2.75) is 19.9 Å². The predicted octanol–water partition coefficient (Wildman–Crippen LogP) is 2.77. The van der Waals surface area contributed by atoms with Crippen LogP contribution in [0.15, 0.2) is 18.2 Å². The number of carbonyl (C=O) groups is 1. The van der Waals surface area contributed by atoms with E-state index in [0.29, 0.717) is 11.4 Å². The zero-order valence-electron chi connectivity index (χ0n) is 11.2. The van der Waals surface area contributed by atoms with Crippen molar-refractivity contribution in [2.75, 3.05) is 13.6 Å². The molecule has 0 fully saturated rings. The standard InChI is InChI=1S/C14H17FN2OS/c1-8(7-16)17(3)14(18)13-9(2)11-6-10(15)4-5-12(11)19-13/h4-6,8H,7,16H2,1-3H3. The second-order valence-corrected chi connectivity index (χ2v) is 5.75. The minimum absolute atomic E-state index is 0.0196. The summed E-state index contributed by atoms with van der Waals surface area (Å²) in [5, 5.41) is 0.808. The minimum atomic E-state index is -0.281. The second-order valence-electron chi connectivity index (χ2n) is 4.70. The summed E-state index contributed by atoms with van der Waals surface area (Å²) < 4.78 is 14.2. The Bertz CT molecular complexity index is 623. The predicted molar refractivity (Wildman–Crippen MR) is 77.1 cm³/mol. The minimum Gasteiger partial charge on any atom is -0.337 e. The number of aryl methyl sites for hydroxylation is 1. The lowest BCUT2D eigenvalue weighted by Gasteiger charge is -2.23. The number of nitrogens with zero attached hydrogens (tertiary/aromatic N) is 1.